The highest BCUT2D eigenvalue weighted by Crippen LogP contribution is 2.13. The summed E-state index contributed by atoms with van der Waals surface area (Å²) in [6, 6.07) is 0. The molecule has 4 heteroatoms. The first kappa shape index (κ1) is 26.9. The molecule has 0 aliphatic rings. The Hall–Kier alpha value is -1.06. The van der Waals surface area contributed by atoms with Gasteiger partial charge in [0.15, 0.2) is 0 Å². The van der Waals surface area contributed by atoms with Crippen LogP contribution in [0.2, 0.25) is 0 Å². The number of rotatable bonds is 21. The SMILES string of the molecule is CCCCCCCCCCCCCCCCCC(=O)OCCOC(=O)CCC. The lowest BCUT2D eigenvalue weighted by Gasteiger charge is -2.06. The second kappa shape index (κ2) is 22.2. The Balaban J connectivity index is 3.18. The zero-order valence-electron chi connectivity index (χ0n) is 18.8. The van der Waals surface area contributed by atoms with E-state index in [0.717, 1.165) is 19.3 Å². The van der Waals surface area contributed by atoms with Gasteiger partial charge >= 0.3 is 11.9 Å². The van der Waals surface area contributed by atoms with Gasteiger partial charge in [-0.2, -0.15) is 0 Å². The van der Waals surface area contributed by atoms with Crippen LogP contribution in [0.15, 0.2) is 0 Å². The highest BCUT2D eigenvalue weighted by molar-refractivity contribution is 5.70. The Morgan fingerprint density at radius 1 is 0.464 bits per heavy atom. The molecule has 0 heterocycles. The van der Waals surface area contributed by atoms with E-state index < -0.39 is 0 Å². The Kier molecular flexibility index (Phi) is 21.4. The summed E-state index contributed by atoms with van der Waals surface area (Å²) in [7, 11) is 0. The van der Waals surface area contributed by atoms with Gasteiger partial charge in [-0.3, -0.25) is 9.59 Å². The Morgan fingerprint density at radius 2 is 0.821 bits per heavy atom. The fourth-order valence-electron chi connectivity index (χ4n) is 3.30. The van der Waals surface area contributed by atoms with Crippen LogP contribution in [0.25, 0.3) is 0 Å². The van der Waals surface area contributed by atoms with E-state index in [9.17, 15) is 9.59 Å². The van der Waals surface area contributed by atoms with Crippen LogP contribution in [0.1, 0.15) is 129 Å². The summed E-state index contributed by atoms with van der Waals surface area (Å²) in [5, 5.41) is 0. The minimum atomic E-state index is -0.221. The van der Waals surface area contributed by atoms with E-state index in [1.807, 2.05) is 6.92 Å². The van der Waals surface area contributed by atoms with Gasteiger partial charge in [-0.15, -0.1) is 0 Å². The van der Waals surface area contributed by atoms with E-state index in [2.05, 4.69) is 6.92 Å². The van der Waals surface area contributed by atoms with E-state index >= 15 is 0 Å². The zero-order valence-corrected chi connectivity index (χ0v) is 18.8. The number of esters is 2. The number of hydrogen-bond donors (Lipinski definition) is 0. The molecular weight excluding hydrogens is 352 g/mol. The fraction of sp³-hybridized carbons (Fsp3) is 0.917. The van der Waals surface area contributed by atoms with Gasteiger partial charge in [0.25, 0.3) is 0 Å². The smallest absolute Gasteiger partial charge is 0.305 e. The normalized spacial score (nSPS) is 10.8. The quantitative estimate of drug-likeness (QED) is 0.152. The van der Waals surface area contributed by atoms with Crippen molar-refractivity contribution in [1.29, 1.82) is 0 Å². The maximum absolute atomic E-state index is 11.6. The third-order valence-electron chi connectivity index (χ3n) is 5.05. The number of carbonyl (C=O) groups is 2. The summed E-state index contributed by atoms with van der Waals surface area (Å²) < 4.78 is 10.0. The molecule has 0 amide bonds. The Morgan fingerprint density at radius 3 is 1.21 bits per heavy atom. The summed E-state index contributed by atoms with van der Waals surface area (Å²) in [4.78, 5) is 22.7. The maximum Gasteiger partial charge on any atom is 0.305 e. The average molecular weight is 399 g/mol. The molecule has 28 heavy (non-hydrogen) atoms. The standard InChI is InChI=1S/C24H46O4/c1-3-5-6-7-8-9-10-11-12-13-14-15-16-17-18-20-24(26)28-22-21-27-23(25)19-4-2/h3-22H2,1-2H3. The lowest BCUT2D eigenvalue weighted by molar-refractivity contribution is -0.152. The van der Waals surface area contributed by atoms with E-state index in [1.165, 1.54) is 83.5 Å². The molecule has 0 unspecified atom stereocenters. The number of carbonyl (C=O) groups excluding carboxylic acids is 2. The van der Waals surface area contributed by atoms with Crippen molar-refractivity contribution in [2.24, 2.45) is 0 Å². The molecule has 0 spiro atoms. The summed E-state index contributed by atoms with van der Waals surface area (Å²) in [5.41, 5.74) is 0. The van der Waals surface area contributed by atoms with Crippen LogP contribution in [-0.2, 0) is 19.1 Å². The molecule has 0 fully saturated rings. The summed E-state index contributed by atoms with van der Waals surface area (Å²) >= 11 is 0. The molecule has 0 aromatic rings. The Bertz CT molecular complexity index is 355. The van der Waals surface area contributed by atoms with Crippen LogP contribution in [0.4, 0.5) is 0 Å². The van der Waals surface area contributed by atoms with Gasteiger partial charge in [0.1, 0.15) is 13.2 Å². The van der Waals surface area contributed by atoms with Gasteiger partial charge in [0.2, 0.25) is 0 Å². The minimum Gasteiger partial charge on any atom is -0.462 e. The van der Waals surface area contributed by atoms with Crippen LogP contribution in [-0.4, -0.2) is 25.2 Å². The number of hydrogen-bond acceptors (Lipinski definition) is 4. The van der Waals surface area contributed by atoms with Crippen molar-refractivity contribution in [1.82, 2.24) is 0 Å². The van der Waals surface area contributed by atoms with Crippen molar-refractivity contribution in [2.75, 3.05) is 13.2 Å². The molecule has 0 N–H and O–H groups in total. The van der Waals surface area contributed by atoms with Gasteiger partial charge in [0, 0.05) is 12.8 Å². The molecule has 0 aliphatic heterocycles. The second-order valence-corrected chi connectivity index (χ2v) is 7.89. The number of ether oxygens (including phenoxy) is 2. The summed E-state index contributed by atoms with van der Waals surface area (Å²) in [5.74, 6) is -0.401. The first-order valence-corrected chi connectivity index (χ1v) is 12.0. The maximum atomic E-state index is 11.6. The monoisotopic (exact) mass is 398 g/mol. The molecule has 4 nitrogen and oxygen atoms in total. The molecule has 0 saturated heterocycles. The molecule has 0 atom stereocenters. The third-order valence-corrected chi connectivity index (χ3v) is 5.05. The van der Waals surface area contributed by atoms with Crippen LogP contribution in [0.3, 0.4) is 0 Å². The molecule has 0 aromatic carbocycles. The molecule has 0 bridgehead atoms. The van der Waals surface area contributed by atoms with Crippen molar-refractivity contribution in [3.8, 4) is 0 Å². The van der Waals surface area contributed by atoms with Crippen molar-refractivity contribution < 1.29 is 19.1 Å². The lowest BCUT2D eigenvalue weighted by atomic mass is 10.0. The van der Waals surface area contributed by atoms with Gasteiger partial charge in [-0.25, -0.2) is 0 Å². The molecule has 0 aliphatic carbocycles. The molecule has 0 aromatic heterocycles. The molecule has 0 radical (unpaired) electrons. The first-order valence-electron chi connectivity index (χ1n) is 12.0. The highest BCUT2D eigenvalue weighted by Gasteiger charge is 2.04. The lowest BCUT2D eigenvalue weighted by Crippen LogP contribution is -2.13. The highest BCUT2D eigenvalue weighted by atomic mass is 16.6. The zero-order chi connectivity index (χ0) is 20.7. The van der Waals surface area contributed by atoms with E-state index in [4.69, 9.17) is 9.47 Å². The van der Waals surface area contributed by atoms with Crippen molar-refractivity contribution in [2.45, 2.75) is 129 Å². The Labute approximate surface area is 174 Å². The van der Waals surface area contributed by atoms with Gasteiger partial charge in [-0.05, 0) is 12.8 Å². The first-order chi connectivity index (χ1) is 13.7. The molecular formula is C24H46O4. The summed E-state index contributed by atoms with van der Waals surface area (Å²) in [6.45, 7) is 4.54. The van der Waals surface area contributed by atoms with Crippen molar-refractivity contribution in [3.05, 3.63) is 0 Å². The second-order valence-electron chi connectivity index (χ2n) is 7.89. The topological polar surface area (TPSA) is 52.6 Å². The minimum absolute atomic E-state index is 0.170. The van der Waals surface area contributed by atoms with Gasteiger partial charge < -0.3 is 9.47 Å². The van der Waals surface area contributed by atoms with Crippen LogP contribution in [0.5, 0.6) is 0 Å². The summed E-state index contributed by atoms with van der Waals surface area (Å²) in [6.07, 6.45) is 21.4. The molecule has 166 valence electrons. The van der Waals surface area contributed by atoms with Crippen molar-refractivity contribution >= 4 is 11.9 Å². The molecule has 0 rings (SSSR count). The average Bonchev–Trinajstić information content (AvgIpc) is 2.68. The van der Waals surface area contributed by atoms with E-state index in [0.29, 0.717) is 12.8 Å². The van der Waals surface area contributed by atoms with E-state index in [1.54, 1.807) is 0 Å². The fourth-order valence-corrected chi connectivity index (χ4v) is 3.30. The third kappa shape index (κ3) is 21.2. The predicted molar refractivity (Wildman–Crippen MR) is 116 cm³/mol. The predicted octanol–water partition coefficient (Wildman–Crippen LogP) is 7.13. The van der Waals surface area contributed by atoms with Gasteiger partial charge in [0.05, 0.1) is 0 Å². The largest absolute Gasteiger partial charge is 0.462 e. The van der Waals surface area contributed by atoms with E-state index in [-0.39, 0.29) is 25.2 Å². The van der Waals surface area contributed by atoms with Crippen molar-refractivity contribution in [3.63, 3.8) is 0 Å². The van der Waals surface area contributed by atoms with Crippen LogP contribution >= 0.6 is 0 Å². The van der Waals surface area contributed by atoms with Crippen LogP contribution in [0, 0.1) is 0 Å². The number of unbranched alkanes of at least 4 members (excludes halogenated alkanes) is 14. The molecule has 0 saturated carbocycles. The van der Waals surface area contributed by atoms with Crippen LogP contribution < -0.4 is 0 Å². The van der Waals surface area contributed by atoms with Gasteiger partial charge in [-0.1, -0.05) is 104 Å².